The zero-order valence-electron chi connectivity index (χ0n) is 9.50. The van der Waals surface area contributed by atoms with Crippen molar-refractivity contribution in [1.29, 1.82) is 0 Å². The number of rotatable bonds is 8. The first-order valence-corrected chi connectivity index (χ1v) is 7.05. The highest BCUT2D eigenvalue weighted by atomic mass is 32.2. The monoisotopic (exact) mass is 217 g/mol. The van der Waals surface area contributed by atoms with Crippen LogP contribution in [-0.4, -0.2) is 49.8 Å². The Kier molecular flexibility index (Phi) is 6.65. The maximum Gasteiger partial charge on any atom is 0.0518 e. The molecule has 1 aliphatic rings. The zero-order chi connectivity index (χ0) is 10.2. The molecule has 1 aliphatic heterocycles. The van der Waals surface area contributed by atoms with Crippen LogP contribution in [0.1, 0.15) is 19.8 Å². The standard InChI is InChI=1S/C11H23NOS/c1-3-5-12-8-11(9-12)10-13-6-4-7-14-2/h11H,3-10H2,1-2H3. The van der Waals surface area contributed by atoms with Gasteiger partial charge >= 0.3 is 0 Å². The molecule has 1 heterocycles. The molecule has 0 aliphatic carbocycles. The van der Waals surface area contributed by atoms with Crippen molar-refractivity contribution < 1.29 is 4.74 Å². The summed E-state index contributed by atoms with van der Waals surface area (Å²) in [6, 6.07) is 0. The van der Waals surface area contributed by atoms with E-state index in [0.717, 1.165) is 19.1 Å². The van der Waals surface area contributed by atoms with Crippen molar-refractivity contribution in [3.8, 4) is 0 Å². The first kappa shape index (κ1) is 12.3. The van der Waals surface area contributed by atoms with Crippen molar-refractivity contribution in [2.75, 3.05) is 44.9 Å². The minimum Gasteiger partial charge on any atom is -0.381 e. The van der Waals surface area contributed by atoms with Gasteiger partial charge in [-0.2, -0.15) is 11.8 Å². The van der Waals surface area contributed by atoms with E-state index in [2.05, 4.69) is 18.1 Å². The van der Waals surface area contributed by atoms with Crippen molar-refractivity contribution >= 4 is 11.8 Å². The molecule has 1 rings (SSSR count). The molecule has 1 saturated heterocycles. The van der Waals surface area contributed by atoms with Crippen LogP contribution in [0.3, 0.4) is 0 Å². The van der Waals surface area contributed by atoms with Crippen molar-refractivity contribution in [2.24, 2.45) is 5.92 Å². The van der Waals surface area contributed by atoms with Crippen LogP contribution in [-0.2, 0) is 4.74 Å². The molecule has 0 aromatic rings. The van der Waals surface area contributed by atoms with Crippen LogP contribution < -0.4 is 0 Å². The minimum atomic E-state index is 0.816. The number of thioether (sulfide) groups is 1. The lowest BCUT2D eigenvalue weighted by Gasteiger charge is -2.38. The maximum atomic E-state index is 5.63. The van der Waals surface area contributed by atoms with Crippen LogP contribution in [0.15, 0.2) is 0 Å². The largest absolute Gasteiger partial charge is 0.381 e. The molecule has 0 aromatic heterocycles. The molecule has 0 spiro atoms. The summed E-state index contributed by atoms with van der Waals surface area (Å²) < 4.78 is 5.63. The minimum absolute atomic E-state index is 0.816. The summed E-state index contributed by atoms with van der Waals surface area (Å²) in [6.45, 7) is 7.96. The zero-order valence-corrected chi connectivity index (χ0v) is 10.3. The highest BCUT2D eigenvalue weighted by molar-refractivity contribution is 7.98. The van der Waals surface area contributed by atoms with E-state index in [-0.39, 0.29) is 0 Å². The van der Waals surface area contributed by atoms with Crippen molar-refractivity contribution in [3.63, 3.8) is 0 Å². The third-order valence-electron chi connectivity index (χ3n) is 2.56. The first-order valence-electron chi connectivity index (χ1n) is 5.65. The Morgan fingerprint density at radius 3 is 2.86 bits per heavy atom. The molecule has 14 heavy (non-hydrogen) atoms. The van der Waals surface area contributed by atoms with Crippen LogP contribution in [0.2, 0.25) is 0 Å². The average Bonchev–Trinajstić information content (AvgIpc) is 2.13. The van der Waals surface area contributed by atoms with Gasteiger partial charge in [0.2, 0.25) is 0 Å². The lowest BCUT2D eigenvalue weighted by atomic mass is 10.0. The van der Waals surface area contributed by atoms with E-state index in [4.69, 9.17) is 4.74 Å². The molecule has 0 aromatic carbocycles. The number of hydrogen-bond donors (Lipinski definition) is 0. The van der Waals surface area contributed by atoms with Gasteiger partial charge in [-0.1, -0.05) is 6.92 Å². The van der Waals surface area contributed by atoms with Crippen LogP contribution >= 0.6 is 11.8 Å². The summed E-state index contributed by atoms with van der Waals surface area (Å²) in [5, 5.41) is 0. The second-order valence-electron chi connectivity index (χ2n) is 4.05. The molecule has 0 N–H and O–H groups in total. The van der Waals surface area contributed by atoms with E-state index in [1.807, 2.05) is 11.8 Å². The maximum absolute atomic E-state index is 5.63. The van der Waals surface area contributed by atoms with Crippen LogP contribution in [0.4, 0.5) is 0 Å². The van der Waals surface area contributed by atoms with Crippen LogP contribution in [0.5, 0.6) is 0 Å². The van der Waals surface area contributed by atoms with E-state index >= 15 is 0 Å². The first-order chi connectivity index (χ1) is 6.86. The Morgan fingerprint density at radius 1 is 1.43 bits per heavy atom. The molecule has 0 saturated carbocycles. The summed E-state index contributed by atoms with van der Waals surface area (Å²) in [5.41, 5.74) is 0. The van der Waals surface area contributed by atoms with Gasteiger partial charge in [-0.15, -0.1) is 0 Å². The molecule has 1 fully saturated rings. The van der Waals surface area contributed by atoms with Gasteiger partial charge in [0, 0.05) is 25.6 Å². The Bertz CT molecular complexity index is 137. The molecule has 84 valence electrons. The highest BCUT2D eigenvalue weighted by Gasteiger charge is 2.25. The number of likely N-dealkylation sites (tertiary alicyclic amines) is 1. The van der Waals surface area contributed by atoms with Gasteiger partial charge in [0.15, 0.2) is 0 Å². The molecule has 0 bridgehead atoms. The smallest absolute Gasteiger partial charge is 0.0518 e. The van der Waals surface area contributed by atoms with Crippen LogP contribution in [0, 0.1) is 5.92 Å². The van der Waals surface area contributed by atoms with Gasteiger partial charge < -0.3 is 9.64 Å². The summed E-state index contributed by atoms with van der Waals surface area (Å²) in [5.74, 6) is 2.04. The Labute approximate surface area is 92.4 Å². The fourth-order valence-electron chi connectivity index (χ4n) is 1.84. The summed E-state index contributed by atoms with van der Waals surface area (Å²) in [7, 11) is 0. The van der Waals surface area contributed by atoms with Crippen molar-refractivity contribution in [1.82, 2.24) is 4.90 Å². The van der Waals surface area contributed by atoms with E-state index < -0.39 is 0 Å². The summed E-state index contributed by atoms with van der Waals surface area (Å²) in [6.07, 6.45) is 4.63. The van der Waals surface area contributed by atoms with Crippen molar-refractivity contribution in [3.05, 3.63) is 0 Å². The third kappa shape index (κ3) is 4.67. The highest BCUT2D eigenvalue weighted by Crippen LogP contribution is 2.15. The average molecular weight is 217 g/mol. The normalized spacial score (nSPS) is 18.4. The fourth-order valence-corrected chi connectivity index (χ4v) is 2.24. The molecular weight excluding hydrogens is 194 g/mol. The van der Waals surface area contributed by atoms with Crippen molar-refractivity contribution in [2.45, 2.75) is 19.8 Å². The predicted molar refractivity (Wildman–Crippen MR) is 64.0 cm³/mol. The Balaban J connectivity index is 1.81. The van der Waals surface area contributed by atoms with Gasteiger partial charge in [0.25, 0.3) is 0 Å². The molecule has 0 atom stereocenters. The SMILES string of the molecule is CCCN1CC(COCCCSC)C1. The summed E-state index contributed by atoms with van der Waals surface area (Å²) >= 11 is 1.90. The lowest BCUT2D eigenvalue weighted by Crippen LogP contribution is -2.48. The Morgan fingerprint density at radius 2 is 2.21 bits per heavy atom. The summed E-state index contributed by atoms with van der Waals surface area (Å²) in [4.78, 5) is 2.51. The predicted octanol–water partition coefficient (Wildman–Crippen LogP) is 2.10. The second-order valence-corrected chi connectivity index (χ2v) is 5.03. The fraction of sp³-hybridized carbons (Fsp3) is 1.00. The molecule has 0 radical (unpaired) electrons. The number of hydrogen-bond acceptors (Lipinski definition) is 3. The van der Waals surface area contributed by atoms with E-state index in [0.29, 0.717) is 0 Å². The van der Waals surface area contributed by atoms with E-state index in [1.165, 1.54) is 38.2 Å². The second kappa shape index (κ2) is 7.55. The van der Waals surface area contributed by atoms with Crippen LogP contribution in [0.25, 0.3) is 0 Å². The quantitative estimate of drug-likeness (QED) is 0.578. The topological polar surface area (TPSA) is 12.5 Å². The third-order valence-corrected chi connectivity index (χ3v) is 3.26. The Hall–Kier alpha value is 0.270. The van der Waals surface area contributed by atoms with Gasteiger partial charge in [0.05, 0.1) is 6.61 Å². The van der Waals surface area contributed by atoms with E-state index in [9.17, 15) is 0 Å². The van der Waals surface area contributed by atoms with E-state index in [1.54, 1.807) is 0 Å². The molecular formula is C11H23NOS. The van der Waals surface area contributed by atoms with Gasteiger partial charge in [-0.05, 0) is 31.4 Å². The molecule has 2 nitrogen and oxygen atoms in total. The van der Waals surface area contributed by atoms with Gasteiger partial charge in [-0.25, -0.2) is 0 Å². The lowest BCUT2D eigenvalue weighted by molar-refractivity contribution is 0.0153. The molecule has 0 amide bonds. The molecule has 0 unspecified atom stereocenters. The molecule has 3 heteroatoms. The number of nitrogens with zero attached hydrogens (tertiary/aromatic N) is 1. The van der Waals surface area contributed by atoms with Gasteiger partial charge in [0.1, 0.15) is 0 Å². The number of ether oxygens (including phenoxy) is 1. The van der Waals surface area contributed by atoms with Gasteiger partial charge in [-0.3, -0.25) is 0 Å².